The van der Waals surface area contributed by atoms with E-state index in [-0.39, 0.29) is 107 Å². The normalized spacial score (nSPS) is 21.8. The van der Waals surface area contributed by atoms with Crippen LogP contribution < -0.4 is 0 Å². The summed E-state index contributed by atoms with van der Waals surface area (Å²) in [5.41, 5.74) is -2.78. The maximum Gasteiger partial charge on any atom is 0.312 e. The molecule has 8 saturated carbocycles. The summed E-state index contributed by atoms with van der Waals surface area (Å²) in [4.78, 5) is 75.3. The average molecular weight is 1750 g/mol. The van der Waals surface area contributed by atoms with Crippen molar-refractivity contribution in [3.05, 3.63) is 0 Å². The van der Waals surface area contributed by atoms with Crippen LogP contribution in [0.2, 0.25) is 0 Å². The maximum atomic E-state index is 12.8. The summed E-state index contributed by atoms with van der Waals surface area (Å²) in [6.07, 6.45) is 75.8. The molecular formula is C112H208O12. The molecule has 0 saturated heterocycles. The van der Waals surface area contributed by atoms with E-state index in [1.807, 2.05) is 90.0 Å². The predicted octanol–water partition coefficient (Wildman–Crippen LogP) is 34.3. The van der Waals surface area contributed by atoms with Crippen molar-refractivity contribution in [3.63, 3.8) is 0 Å². The topological polar surface area (TPSA) is 158 Å². The van der Waals surface area contributed by atoms with Crippen LogP contribution in [-0.4, -0.2) is 69.4 Å². The van der Waals surface area contributed by atoms with E-state index in [0.29, 0.717) is 17.3 Å². The van der Waals surface area contributed by atoms with Gasteiger partial charge in [0.2, 0.25) is 0 Å². The summed E-state index contributed by atoms with van der Waals surface area (Å²) in [6, 6.07) is 0. The van der Waals surface area contributed by atoms with Gasteiger partial charge in [0.15, 0.2) is 0 Å². The Hall–Kier alpha value is -3.18. The highest BCUT2D eigenvalue weighted by Gasteiger charge is 2.53. The first-order valence-electron chi connectivity index (χ1n) is 53.6. The first kappa shape index (κ1) is 115. The second-order valence-electron chi connectivity index (χ2n) is 47.2. The largest absolute Gasteiger partial charge is 0.459 e. The zero-order chi connectivity index (χ0) is 93.1. The molecule has 1 unspecified atom stereocenters. The van der Waals surface area contributed by atoms with E-state index in [1.165, 1.54) is 276 Å². The first-order chi connectivity index (χ1) is 58.2. The molecule has 0 bridgehead atoms. The molecule has 0 radical (unpaired) electrons. The fraction of sp³-hybridized carbons (Fsp3) is 0.946. The zero-order valence-electron chi connectivity index (χ0n) is 87.3. The Labute approximate surface area is 768 Å². The van der Waals surface area contributed by atoms with E-state index in [1.54, 1.807) is 0 Å². The predicted molar refractivity (Wildman–Crippen MR) is 522 cm³/mol. The van der Waals surface area contributed by atoms with Gasteiger partial charge in [0, 0.05) is 5.41 Å². The number of carbonyl (C=O) groups is 6. The number of hydrogen-bond acceptors (Lipinski definition) is 12. The molecule has 0 aromatic rings. The van der Waals surface area contributed by atoms with Crippen LogP contribution in [0, 0.1) is 55.2 Å². The maximum absolute atomic E-state index is 12.8. The third kappa shape index (κ3) is 38.6. The van der Waals surface area contributed by atoms with Crippen LogP contribution in [0.25, 0.3) is 0 Å². The summed E-state index contributed by atoms with van der Waals surface area (Å²) in [6.45, 7) is 54.6. The zero-order valence-corrected chi connectivity index (χ0v) is 87.3. The van der Waals surface area contributed by atoms with E-state index >= 15 is 0 Å². The summed E-state index contributed by atoms with van der Waals surface area (Å²) < 4.78 is 37.0. The molecule has 0 spiro atoms. The summed E-state index contributed by atoms with van der Waals surface area (Å²) >= 11 is 0. The molecule has 8 rings (SSSR count). The highest BCUT2D eigenvalue weighted by atomic mass is 16.6. The van der Waals surface area contributed by atoms with Crippen LogP contribution in [0.4, 0.5) is 0 Å². The van der Waals surface area contributed by atoms with Crippen molar-refractivity contribution >= 4 is 35.8 Å². The van der Waals surface area contributed by atoms with Gasteiger partial charge in [-0.25, -0.2) is 0 Å². The van der Waals surface area contributed by atoms with Gasteiger partial charge >= 0.3 is 35.8 Å². The van der Waals surface area contributed by atoms with Crippen LogP contribution in [0.5, 0.6) is 0 Å². The lowest BCUT2D eigenvalue weighted by Crippen LogP contribution is -2.50. The molecule has 124 heavy (non-hydrogen) atoms. The van der Waals surface area contributed by atoms with E-state index in [2.05, 4.69) is 90.0 Å². The van der Waals surface area contributed by atoms with Crippen LogP contribution in [0.15, 0.2) is 0 Å². The fourth-order valence-corrected chi connectivity index (χ4v) is 20.5. The molecule has 0 aromatic heterocycles. The van der Waals surface area contributed by atoms with Crippen LogP contribution in [-0.2, 0) is 57.2 Å². The molecule has 12 nitrogen and oxygen atoms in total. The second kappa shape index (κ2) is 55.4. The van der Waals surface area contributed by atoms with E-state index in [0.717, 1.165) is 135 Å². The standard InChI is InChI=1S/C22H42O2.C20H36O2.C19H36O2.C18H32O2.C17H32O2.C16H30O2/c1-5-7-8-9-11-14-17-22(18-15-12-10-13-16-19-22)24-20(23)21(3,4)6-2;1-6-19(4,5)17(21)22-20(16-11-8-7-9-12-16)14-10-13-18(2,3)15-20;1-5-7-8-9-11-14-19(15-12-10-13-16-19)21-17(20)18(3,4)6-2;1-4-17(2,3)16(19)20-18(13-9-6-10-14-18)15-11-7-5-8-12-15;1-5-7-8-9-12-17(13-10-11-14-17)19-15(18)16(3,4)6-2;1-7-15(5,6)13(17)18-16(14(2,3)4)11-9-8-10-12-16/h5-19H2,1-4H3;16H,6-15H2,1-5H3;5-16H2,1-4H3;15H,4-14H2,1-3H3;5-14H2,1-4H3;7-12H2,1-6H3. The first-order valence-corrected chi connectivity index (χ1v) is 53.6. The van der Waals surface area contributed by atoms with Gasteiger partial charge in [0.1, 0.15) is 33.6 Å². The smallest absolute Gasteiger partial charge is 0.312 e. The van der Waals surface area contributed by atoms with Crippen LogP contribution in [0.3, 0.4) is 0 Å². The van der Waals surface area contributed by atoms with Crippen LogP contribution in [0.1, 0.15) is 591 Å². The molecule has 12 heteroatoms. The molecular weight excluding hydrogens is 1540 g/mol. The minimum atomic E-state index is -0.365. The average Bonchev–Trinajstić information content (AvgIpc) is 0.921. The highest BCUT2D eigenvalue weighted by Crippen LogP contribution is 2.53. The van der Waals surface area contributed by atoms with Crippen molar-refractivity contribution in [1.29, 1.82) is 0 Å². The minimum Gasteiger partial charge on any atom is -0.459 e. The number of ether oxygens (including phenoxy) is 6. The molecule has 0 N–H and O–H groups in total. The van der Waals surface area contributed by atoms with E-state index < -0.39 is 0 Å². The van der Waals surface area contributed by atoms with E-state index in [4.69, 9.17) is 28.4 Å². The van der Waals surface area contributed by atoms with Gasteiger partial charge < -0.3 is 28.4 Å². The lowest BCUT2D eigenvalue weighted by Gasteiger charge is -2.50. The Kier molecular flexibility index (Phi) is 51.3. The van der Waals surface area contributed by atoms with Gasteiger partial charge in [-0.1, -0.05) is 251 Å². The quantitative estimate of drug-likeness (QED) is 0.0328. The molecule has 0 aromatic carbocycles. The van der Waals surface area contributed by atoms with Crippen molar-refractivity contribution in [3.8, 4) is 0 Å². The van der Waals surface area contributed by atoms with Gasteiger partial charge in [-0.2, -0.15) is 0 Å². The number of esters is 6. The number of carbonyl (C=O) groups excluding carboxylic acids is 6. The lowest BCUT2D eigenvalue weighted by molar-refractivity contribution is -0.190. The molecule has 8 aliphatic rings. The number of rotatable bonds is 38. The molecule has 0 heterocycles. The third-order valence-electron chi connectivity index (χ3n) is 32.8. The Morgan fingerprint density at radius 1 is 0.242 bits per heavy atom. The Bertz CT molecular complexity index is 2930. The second-order valence-corrected chi connectivity index (χ2v) is 47.2. The molecule has 8 aliphatic carbocycles. The summed E-state index contributed by atoms with van der Waals surface area (Å²) in [5.74, 6) is 1.28. The number of unbranched alkanes of at least 4 members (excludes halogenated alkanes) is 12. The SMILES string of the molecule is CCC(C)(C)C(=O)OC1(C(C)(C)C)CCCCC1.CCC(C)(C)C(=O)OC1(C2CCCCC2)CCCC(C)(C)C1.CCC(C)(C)C(=O)OC1(C2CCCCC2)CCCCC1.CCCCCCC1(OC(=O)C(C)(C)CC)CCCC1.CCCCCCCC1(OC(=O)C(C)(C)CC)CCCCC1.CCCCCCCCC1(OC(=O)C(C)(C)CC)CCCCCCC1. The number of hydrogen-bond donors (Lipinski definition) is 0. The lowest BCUT2D eigenvalue weighted by atomic mass is 9.62. The van der Waals surface area contributed by atoms with Crippen LogP contribution >= 0.6 is 0 Å². The molecule has 0 aliphatic heterocycles. The van der Waals surface area contributed by atoms with Crippen molar-refractivity contribution in [2.24, 2.45) is 55.2 Å². The van der Waals surface area contributed by atoms with Crippen molar-refractivity contribution in [2.75, 3.05) is 0 Å². The molecule has 1 atom stereocenters. The van der Waals surface area contributed by atoms with Gasteiger partial charge in [0.05, 0.1) is 32.5 Å². The highest BCUT2D eigenvalue weighted by molar-refractivity contribution is 5.79. The molecule has 0 amide bonds. The van der Waals surface area contributed by atoms with E-state index in [9.17, 15) is 28.8 Å². The fourth-order valence-electron chi connectivity index (χ4n) is 20.5. The third-order valence-corrected chi connectivity index (χ3v) is 32.8. The van der Waals surface area contributed by atoms with Crippen molar-refractivity contribution in [2.45, 2.75) is 625 Å². The monoisotopic (exact) mass is 1750 g/mol. The van der Waals surface area contributed by atoms with Gasteiger partial charge in [-0.05, 0) is 357 Å². The minimum absolute atomic E-state index is 0.00684. The Morgan fingerprint density at radius 3 is 0.774 bits per heavy atom. The molecule has 8 fully saturated rings. The van der Waals surface area contributed by atoms with Crippen molar-refractivity contribution in [1.82, 2.24) is 0 Å². The summed E-state index contributed by atoms with van der Waals surface area (Å²) in [5, 5.41) is 0. The van der Waals surface area contributed by atoms with Gasteiger partial charge in [-0.3, -0.25) is 28.8 Å². The van der Waals surface area contributed by atoms with Crippen molar-refractivity contribution < 1.29 is 57.2 Å². The Balaban J connectivity index is 0.000000385. The van der Waals surface area contributed by atoms with Gasteiger partial charge in [-0.15, -0.1) is 0 Å². The summed E-state index contributed by atoms with van der Waals surface area (Å²) in [7, 11) is 0. The van der Waals surface area contributed by atoms with Gasteiger partial charge in [0.25, 0.3) is 0 Å². The molecule has 728 valence electrons. The Morgan fingerprint density at radius 2 is 0.468 bits per heavy atom.